The SMILES string of the molecule is CCC(C)CCCCCCCCC(=O)OC[C@H](COP(=O)(O)OCC(O)COP(=O)(O)OC[C@@H](COC(=O)CCCCCCCCCC(C)C)OC(=O)CCCCCCCCC(C)CC)OC(=O)CCCCCCCCCCCCCCCCCCCCC(C)C. The summed E-state index contributed by atoms with van der Waals surface area (Å²) in [5.74, 6) is 0.844. The summed E-state index contributed by atoms with van der Waals surface area (Å²) in [6, 6.07) is 0. The molecule has 0 aromatic heterocycles. The third-order valence-electron chi connectivity index (χ3n) is 17.3. The fourth-order valence-corrected chi connectivity index (χ4v) is 12.4. The van der Waals surface area contributed by atoms with Crippen molar-refractivity contribution in [2.45, 2.75) is 375 Å². The number of hydrogen-bond acceptors (Lipinski definition) is 15. The highest BCUT2D eigenvalue weighted by Crippen LogP contribution is 2.45. The Hall–Kier alpha value is -1.94. The van der Waals surface area contributed by atoms with Gasteiger partial charge in [-0.05, 0) is 49.4 Å². The minimum Gasteiger partial charge on any atom is -0.462 e. The quantitative estimate of drug-likeness (QED) is 0.0222. The van der Waals surface area contributed by atoms with Gasteiger partial charge < -0.3 is 33.8 Å². The van der Waals surface area contributed by atoms with Crippen LogP contribution in [0.15, 0.2) is 0 Å². The monoisotopic (exact) mass is 1340 g/mol. The number of rotatable bonds is 69. The lowest BCUT2D eigenvalue weighted by atomic mass is 10.00. The highest BCUT2D eigenvalue weighted by atomic mass is 31.2. The zero-order valence-corrected chi connectivity index (χ0v) is 61.3. The van der Waals surface area contributed by atoms with Crippen LogP contribution in [0.25, 0.3) is 0 Å². The maximum absolute atomic E-state index is 13.0. The molecule has 0 spiro atoms. The molecule has 0 amide bonds. The molecule has 0 radical (unpaired) electrons. The van der Waals surface area contributed by atoms with Crippen LogP contribution >= 0.6 is 15.6 Å². The molecule has 3 N–H and O–H groups in total. The molecule has 7 atom stereocenters. The molecular weight excluding hydrogens is 1200 g/mol. The van der Waals surface area contributed by atoms with E-state index < -0.39 is 97.5 Å². The lowest BCUT2D eigenvalue weighted by molar-refractivity contribution is -0.161. The first-order valence-corrected chi connectivity index (χ1v) is 40.3. The van der Waals surface area contributed by atoms with Gasteiger partial charge in [-0.25, -0.2) is 9.13 Å². The van der Waals surface area contributed by atoms with E-state index in [2.05, 4.69) is 55.4 Å². The molecule has 0 aromatic carbocycles. The van der Waals surface area contributed by atoms with Crippen molar-refractivity contribution in [3.63, 3.8) is 0 Å². The van der Waals surface area contributed by atoms with Gasteiger partial charge in [-0.15, -0.1) is 0 Å². The van der Waals surface area contributed by atoms with Gasteiger partial charge in [0, 0.05) is 25.7 Å². The maximum atomic E-state index is 13.0. The molecule has 540 valence electrons. The molecule has 0 saturated carbocycles. The van der Waals surface area contributed by atoms with Crippen LogP contribution in [-0.4, -0.2) is 96.7 Å². The molecule has 0 aliphatic heterocycles. The Bertz CT molecular complexity index is 1800. The molecular formula is C72H140O17P2. The Balaban J connectivity index is 5.17. The number of phosphoric ester groups is 2. The lowest BCUT2D eigenvalue weighted by Crippen LogP contribution is -2.30. The van der Waals surface area contributed by atoms with Crippen molar-refractivity contribution in [3.8, 4) is 0 Å². The largest absolute Gasteiger partial charge is 0.472 e. The number of aliphatic hydroxyl groups is 1. The van der Waals surface area contributed by atoms with E-state index >= 15 is 0 Å². The number of carbonyl (C=O) groups excluding carboxylic acids is 4. The van der Waals surface area contributed by atoms with Crippen LogP contribution in [0.5, 0.6) is 0 Å². The lowest BCUT2D eigenvalue weighted by Gasteiger charge is -2.21. The van der Waals surface area contributed by atoms with Gasteiger partial charge in [-0.2, -0.15) is 0 Å². The van der Waals surface area contributed by atoms with Crippen molar-refractivity contribution in [3.05, 3.63) is 0 Å². The first-order chi connectivity index (χ1) is 43.7. The zero-order chi connectivity index (χ0) is 67.5. The Labute approximate surface area is 556 Å². The fourth-order valence-electron chi connectivity index (χ4n) is 10.8. The normalized spacial score (nSPS) is 14.8. The molecule has 0 aliphatic carbocycles. The number of hydrogen-bond donors (Lipinski definition) is 3. The smallest absolute Gasteiger partial charge is 0.462 e. The minimum absolute atomic E-state index is 0.102. The summed E-state index contributed by atoms with van der Waals surface area (Å²) < 4.78 is 68.3. The van der Waals surface area contributed by atoms with E-state index in [0.29, 0.717) is 31.6 Å². The molecule has 91 heavy (non-hydrogen) atoms. The van der Waals surface area contributed by atoms with Crippen molar-refractivity contribution in [1.29, 1.82) is 0 Å². The second-order valence-electron chi connectivity index (χ2n) is 27.4. The fraction of sp³-hybridized carbons (Fsp3) is 0.944. The van der Waals surface area contributed by atoms with Crippen molar-refractivity contribution in [2.75, 3.05) is 39.6 Å². The summed E-state index contributed by atoms with van der Waals surface area (Å²) in [7, 11) is -9.90. The number of esters is 4. The Kier molecular flexibility index (Phi) is 60.3. The van der Waals surface area contributed by atoms with E-state index in [9.17, 15) is 43.2 Å². The molecule has 17 nitrogen and oxygen atoms in total. The average molecular weight is 1340 g/mol. The topological polar surface area (TPSA) is 237 Å². The zero-order valence-electron chi connectivity index (χ0n) is 59.5. The summed E-state index contributed by atoms with van der Waals surface area (Å²) >= 11 is 0. The van der Waals surface area contributed by atoms with Crippen molar-refractivity contribution < 1.29 is 80.2 Å². The van der Waals surface area contributed by atoms with Gasteiger partial charge >= 0.3 is 39.5 Å². The highest BCUT2D eigenvalue weighted by molar-refractivity contribution is 7.47. The summed E-state index contributed by atoms with van der Waals surface area (Å²) in [6.45, 7) is 14.0. The average Bonchev–Trinajstić information content (AvgIpc) is 3.62. The highest BCUT2D eigenvalue weighted by Gasteiger charge is 2.30. The second-order valence-corrected chi connectivity index (χ2v) is 30.3. The number of aliphatic hydroxyl groups excluding tert-OH is 1. The Morgan fingerprint density at radius 2 is 0.527 bits per heavy atom. The predicted molar refractivity (Wildman–Crippen MR) is 367 cm³/mol. The molecule has 19 heteroatoms. The van der Waals surface area contributed by atoms with E-state index in [0.717, 1.165) is 120 Å². The van der Waals surface area contributed by atoms with Crippen LogP contribution in [-0.2, 0) is 65.4 Å². The van der Waals surface area contributed by atoms with Crippen molar-refractivity contribution in [1.82, 2.24) is 0 Å². The van der Waals surface area contributed by atoms with Gasteiger partial charge in [0.2, 0.25) is 0 Å². The standard InChI is InChI=1S/C72H140O17P2/c1-9-64(7)50-42-34-28-30-37-45-53-70(75)83-59-67(88-71(76)54-46-38-26-22-20-18-16-14-12-11-13-15-17-19-21-24-32-40-48-62(3)4)60-86-90(78,79)84-56-66(73)57-85-91(80,81)87-61-68(89-72(77)55-47-39-31-29-35-43-51-65(8)10-2)58-82-69(74)52-44-36-27-23-25-33-41-49-63(5)6/h62-68,73H,9-61H2,1-8H3,(H,78,79)(H,80,81)/t64?,65?,66?,67-,68-/m1/s1. The summed E-state index contributed by atoms with van der Waals surface area (Å²) in [5.41, 5.74) is 0. The number of ether oxygens (including phenoxy) is 4. The molecule has 0 saturated heterocycles. The number of phosphoric acid groups is 2. The van der Waals surface area contributed by atoms with Crippen LogP contribution in [0, 0.1) is 23.7 Å². The van der Waals surface area contributed by atoms with E-state index in [4.69, 9.17) is 37.0 Å². The maximum Gasteiger partial charge on any atom is 0.472 e. The van der Waals surface area contributed by atoms with Crippen molar-refractivity contribution >= 4 is 39.5 Å². The molecule has 5 unspecified atom stereocenters. The van der Waals surface area contributed by atoms with Crippen LogP contribution in [0.2, 0.25) is 0 Å². The van der Waals surface area contributed by atoms with Gasteiger partial charge in [0.15, 0.2) is 12.2 Å². The number of carbonyl (C=O) groups is 4. The van der Waals surface area contributed by atoms with Crippen molar-refractivity contribution in [2.24, 2.45) is 23.7 Å². The Morgan fingerprint density at radius 1 is 0.308 bits per heavy atom. The van der Waals surface area contributed by atoms with Crippen LogP contribution in [0.1, 0.15) is 357 Å². The predicted octanol–water partition coefficient (Wildman–Crippen LogP) is 20.5. The van der Waals surface area contributed by atoms with Gasteiger partial charge in [-0.3, -0.25) is 37.3 Å². The third kappa shape index (κ3) is 63.9. The van der Waals surface area contributed by atoms with E-state index in [1.54, 1.807) is 0 Å². The minimum atomic E-state index is -4.95. The van der Waals surface area contributed by atoms with Crippen LogP contribution in [0.3, 0.4) is 0 Å². The molecule has 0 heterocycles. The van der Waals surface area contributed by atoms with E-state index in [-0.39, 0.29) is 25.7 Å². The van der Waals surface area contributed by atoms with Gasteiger partial charge in [0.25, 0.3) is 0 Å². The summed E-state index contributed by atoms with van der Waals surface area (Å²) in [5, 5.41) is 10.6. The Morgan fingerprint density at radius 3 is 0.780 bits per heavy atom. The van der Waals surface area contributed by atoms with E-state index in [1.807, 2.05) is 0 Å². The molecule has 0 rings (SSSR count). The van der Waals surface area contributed by atoms with Gasteiger partial charge in [-0.1, -0.05) is 306 Å². The first kappa shape index (κ1) is 89.1. The second kappa shape index (κ2) is 61.6. The van der Waals surface area contributed by atoms with Crippen LogP contribution in [0.4, 0.5) is 0 Å². The molecule has 0 aliphatic rings. The summed E-state index contributed by atoms with van der Waals surface area (Å²) in [6.07, 6.45) is 44.8. The first-order valence-electron chi connectivity index (χ1n) is 37.3. The van der Waals surface area contributed by atoms with E-state index in [1.165, 1.54) is 148 Å². The van der Waals surface area contributed by atoms with Gasteiger partial charge in [0.1, 0.15) is 19.3 Å². The molecule has 0 fully saturated rings. The summed E-state index contributed by atoms with van der Waals surface area (Å²) in [4.78, 5) is 72.5. The number of unbranched alkanes of at least 4 members (excludes halogenated alkanes) is 33. The molecule has 0 bridgehead atoms. The van der Waals surface area contributed by atoms with Gasteiger partial charge in [0.05, 0.1) is 26.4 Å². The molecule has 0 aromatic rings. The third-order valence-corrected chi connectivity index (χ3v) is 19.2. The van der Waals surface area contributed by atoms with Crippen LogP contribution < -0.4 is 0 Å².